The van der Waals surface area contributed by atoms with Crippen LogP contribution >= 0.6 is 0 Å². The third kappa shape index (κ3) is 5.09. The summed E-state index contributed by atoms with van der Waals surface area (Å²) in [6.45, 7) is 4.03. The smallest absolute Gasteiger partial charge is 0.239 e. The lowest BCUT2D eigenvalue weighted by molar-refractivity contribution is -0.127. The molecular weight excluding hydrogens is 246 g/mol. The molecule has 0 aromatic carbocycles. The number of nitrogens with one attached hydrogen (secondary N) is 2. The molecule has 0 aliphatic heterocycles. The molecule has 0 aliphatic carbocycles. The third-order valence-electron chi connectivity index (χ3n) is 2.69. The molecule has 1 atom stereocenters. The number of amides is 2. The highest BCUT2D eigenvalue weighted by molar-refractivity contribution is 5.87. The molecule has 106 valence electrons. The van der Waals surface area contributed by atoms with E-state index in [1.165, 1.54) is 0 Å². The Kier molecular flexibility index (Phi) is 5.50. The average Bonchev–Trinajstić information content (AvgIpc) is 2.78. The van der Waals surface area contributed by atoms with Crippen molar-refractivity contribution in [1.82, 2.24) is 20.4 Å². The molecule has 1 heterocycles. The van der Waals surface area contributed by atoms with Gasteiger partial charge in [0.05, 0.1) is 18.8 Å². The van der Waals surface area contributed by atoms with Gasteiger partial charge in [0.15, 0.2) is 0 Å². The van der Waals surface area contributed by atoms with E-state index in [9.17, 15) is 9.59 Å². The maximum Gasteiger partial charge on any atom is 0.239 e. The van der Waals surface area contributed by atoms with Gasteiger partial charge in [0.2, 0.25) is 11.8 Å². The molecule has 1 aromatic heterocycles. The van der Waals surface area contributed by atoms with Gasteiger partial charge in [-0.25, -0.2) is 0 Å². The second-order valence-corrected chi connectivity index (χ2v) is 4.79. The molecule has 19 heavy (non-hydrogen) atoms. The fraction of sp³-hybridized carbons (Fsp3) is 0.583. The lowest BCUT2D eigenvalue weighted by Crippen LogP contribution is -2.47. The Bertz CT molecular complexity index is 441. The molecule has 0 unspecified atom stereocenters. The van der Waals surface area contributed by atoms with E-state index in [0.717, 1.165) is 5.56 Å². The van der Waals surface area contributed by atoms with Crippen LogP contribution in [0.1, 0.15) is 19.4 Å². The molecule has 7 heteroatoms. The number of rotatable bonds is 6. The maximum absolute atomic E-state index is 11.5. The first-order valence-electron chi connectivity index (χ1n) is 6.17. The zero-order valence-corrected chi connectivity index (χ0v) is 11.5. The van der Waals surface area contributed by atoms with E-state index in [1.54, 1.807) is 17.9 Å². The average molecular weight is 267 g/mol. The normalized spacial score (nSPS) is 12.3. The molecule has 0 spiro atoms. The molecule has 0 saturated heterocycles. The number of aromatic nitrogens is 2. The molecule has 0 aliphatic rings. The predicted molar refractivity (Wildman–Crippen MR) is 70.9 cm³/mol. The Morgan fingerprint density at radius 3 is 2.63 bits per heavy atom. The van der Waals surface area contributed by atoms with Gasteiger partial charge in [-0.05, 0) is 5.92 Å². The van der Waals surface area contributed by atoms with E-state index in [2.05, 4.69) is 15.7 Å². The van der Waals surface area contributed by atoms with Crippen molar-refractivity contribution in [2.75, 3.05) is 6.54 Å². The van der Waals surface area contributed by atoms with Gasteiger partial charge in [-0.3, -0.25) is 14.3 Å². The van der Waals surface area contributed by atoms with Gasteiger partial charge < -0.3 is 16.4 Å². The fourth-order valence-corrected chi connectivity index (χ4v) is 1.41. The van der Waals surface area contributed by atoms with Gasteiger partial charge >= 0.3 is 0 Å². The maximum atomic E-state index is 11.5. The molecule has 0 bridgehead atoms. The van der Waals surface area contributed by atoms with Gasteiger partial charge in [-0.2, -0.15) is 5.10 Å². The minimum atomic E-state index is -0.592. The summed E-state index contributed by atoms with van der Waals surface area (Å²) in [4.78, 5) is 23.1. The van der Waals surface area contributed by atoms with Crippen molar-refractivity contribution in [3.63, 3.8) is 0 Å². The number of hydrogen-bond donors (Lipinski definition) is 3. The molecule has 2 amide bonds. The minimum absolute atomic E-state index is 0.0402. The Morgan fingerprint density at radius 1 is 1.42 bits per heavy atom. The van der Waals surface area contributed by atoms with Crippen LogP contribution in [0.5, 0.6) is 0 Å². The van der Waals surface area contributed by atoms with Gasteiger partial charge in [-0.15, -0.1) is 0 Å². The summed E-state index contributed by atoms with van der Waals surface area (Å²) in [6, 6.07) is -0.592. The van der Waals surface area contributed by atoms with Crippen LogP contribution in [0.15, 0.2) is 12.4 Å². The molecular formula is C12H21N5O2. The number of nitrogens with two attached hydrogens (primary N) is 1. The largest absolute Gasteiger partial charge is 0.350 e. The SMILES string of the molecule is CC(C)[C@H](N)C(=O)NCC(=O)NCc1cnn(C)c1. The van der Waals surface area contributed by atoms with Crippen LogP contribution in [0.25, 0.3) is 0 Å². The van der Waals surface area contributed by atoms with Crippen molar-refractivity contribution in [1.29, 1.82) is 0 Å². The second kappa shape index (κ2) is 6.89. The Hall–Kier alpha value is -1.89. The summed E-state index contributed by atoms with van der Waals surface area (Å²) in [6.07, 6.45) is 3.49. The van der Waals surface area contributed by atoms with E-state index >= 15 is 0 Å². The van der Waals surface area contributed by atoms with Gasteiger partial charge in [0, 0.05) is 25.4 Å². The number of aryl methyl sites for hydroxylation is 1. The molecule has 1 rings (SSSR count). The van der Waals surface area contributed by atoms with E-state index < -0.39 is 6.04 Å². The van der Waals surface area contributed by atoms with Crippen molar-refractivity contribution < 1.29 is 9.59 Å². The van der Waals surface area contributed by atoms with Crippen LogP contribution < -0.4 is 16.4 Å². The van der Waals surface area contributed by atoms with Gasteiger partial charge in [0.1, 0.15) is 0 Å². The van der Waals surface area contributed by atoms with E-state index in [4.69, 9.17) is 5.73 Å². The summed E-state index contributed by atoms with van der Waals surface area (Å²) in [7, 11) is 1.80. The summed E-state index contributed by atoms with van der Waals surface area (Å²) in [5.41, 5.74) is 6.56. The third-order valence-corrected chi connectivity index (χ3v) is 2.69. The summed E-state index contributed by atoms with van der Waals surface area (Å²) in [5.74, 6) is -0.529. The van der Waals surface area contributed by atoms with Crippen molar-refractivity contribution in [3.8, 4) is 0 Å². The van der Waals surface area contributed by atoms with Crippen molar-refractivity contribution in [2.45, 2.75) is 26.4 Å². The Labute approximate surface area is 112 Å². The van der Waals surface area contributed by atoms with Gasteiger partial charge in [-0.1, -0.05) is 13.8 Å². The van der Waals surface area contributed by atoms with Crippen LogP contribution in [0.2, 0.25) is 0 Å². The van der Waals surface area contributed by atoms with Crippen LogP contribution in [-0.2, 0) is 23.2 Å². The molecule has 1 aromatic rings. The fourth-order valence-electron chi connectivity index (χ4n) is 1.41. The monoisotopic (exact) mass is 267 g/mol. The summed E-state index contributed by atoms with van der Waals surface area (Å²) >= 11 is 0. The molecule has 0 fully saturated rings. The lowest BCUT2D eigenvalue weighted by atomic mass is 10.1. The highest BCUT2D eigenvalue weighted by Crippen LogP contribution is 1.97. The van der Waals surface area contributed by atoms with E-state index in [0.29, 0.717) is 6.54 Å². The van der Waals surface area contributed by atoms with Crippen molar-refractivity contribution >= 4 is 11.8 Å². The summed E-state index contributed by atoms with van der Waals surface area (Å²) < 4.78 is 1.66. The van der Waals surface area contributed by atoms with Crippen LogP contribution in [0, 0.1) is 5.92 Å². The highest BCUT2D eigenvalue weighted by Gasteiger charge is 2.17. The van der Waals surface area contributed by atoms with Crippen molar-refractivity contribution in [3.05, 3.63) is 18.0 Å². The number of carbonyl (C=O) groups excluding carboxylic acids is 2. The molecule has 4 N–H and O–H groups in total. The van der Waals surface area contributed by atoms with E-state index in [-0.39, 0.29) is 24.3 Å². The first-order valence-corrected chi connectivity index (χ1v) is 6.17. The lowest BCUT2D eigenvalue weighted by Gasteiger charge is -2.15. The zero-order chi connectivity index (χ0) is 14.4. The molecule has 0 saturated carbocycles. The number of nitrogens with zero attached hydrogens (tertiary/aromatic N) is 2. The van der Waals surface area contributed by atoms with Crippen LogP contribution in [-0.4, -0.2) is 34.2 Å². The number of carbonyl (C=O) groups is 2. The standard InChI is InChI=1S/C12H21N5O2/c1-8(2)11(13)12(19)15-6-10(18)14-4-9-5-16-17(3)7-9/h5,7-8,11H,4,6,13H2,1-3H3,(H,14,18)(H,15,19)/t11-/m0/s1. The first kappa shape index (κ1) is 15.2. The Balaban J connectivity index is 2.26. The highest BCUT2D eigenvalue weighted by atomic mass is 16.2. The first-order chi connectivity index (χ1) is 8.90. The zero-order valence-electron chi connectivity index (χ0n) is 11.5. The second-order valence-electron chi connectivity index (χ2n) is 4.79. The molecule has 7 nitrogen and oxygen atoms in total. The van der Waals surface area contributed by atoms with Crippen molar-refractivity contribution in [2.24, 2.45) is 18.7 Å². The predicted octanol–water partition coefficient (Wildman–Crippen LogP) is -0.864. The van der Waals surface area contributed by atoms with Gasteiger partial charge in [0.25, 0.3) is 0 Å². The van der Waals surface area contributed by atoms with E-state index in [1.807, 2.05) is 20.0 Å². The van der Waals surface area contributed by atoms with Crippen LogP contribution in [0.3, 0.4) is 0 Å². The topological polar surface area (TPSA) is 102 Å². The molecule has 0 radical (unpaired) electrons. The summed E-state index contributed by atoms with van der Waals surface area (Å²) in [5, 5.41) is 9.19. The minimum Gasteiger partial charge on any atom is -0.350 e. The number of hydrogen-bond acceptors (Lipinski definition) is 4. The van der Waals surface area contributed by atoms with Crippen LogP contribution in [0.4, 0.5) is 0 Å². The quantitative estimate of drug-likeness (QED) is 0.624. The Morgan fingerprint density at radius 2 is 2.11 bits per heavy atom.